The SMILES string of the molecule is c1ccc2c(c1)sc1cc3cncnc3cc12. The van der Waals surface area contributed by atoms with E-state index < -0.39 is 0 Å². The molecule has 2 aromatic carbocycles. The number of thiophene rings is 1. The van der Waals surface area contributed by atoms with Crippen LogP contribution in [0.4, 0.5) is 0 Å². The number of benzene rings is 2. The Bertz CT molecular complexity index is 842. The first-order valence-electron chi connectivity index (χ1n) is 5.43. The molecule has 0 spiro atoms. The Morgan fingerprint density at radius 1 is 0.941 bits per heavy atom. The molecule has 0 atom stereocenters. The molecule has 0 radical (unpaired) electrons. The molecule has 0 aliphatic rings. The van der Waals surface area contributed by atoms with Crippen LogP contribution >= 0.6 is 11.3 Å². The van der Waals surface area contributed by atoms with Crippen LogP contribution < -0.4 is 0 Å². The van der Waals surface area contributed by atoms with E-state index in [0.717, 1.165) is 10.9 Å². The summed E-state index contributed by atoms with van der Waals surface area (Å²) in [6.07, 6.45) is 3.47. The van der Waals surface area contributed by atoms with E-state index in [2.05, 4.69) is 46.4 Å². The second-order valence-corrected chi connectivity index (χ2v) is 5.11. The molecule has 2 nitrogen and oxygen atoms in total. The lowest BCUT2D eigenvalue weighted by atomic mass is 10.1. The predicted octanol–water partition coefficient (Wildman–Crippen LogP) is 4.00. The summed E-state index contributed by atoms with van der Waals surface area (Å²) in [5.41, 5.74) is 1.01. The van der Waals surface area contributed by atoms with E-state index in [0.29, 0.717) is 0 Å². The maximum Gasteiger partial charge on any atom is 0.116 e. The van der Waals surface area contributed by atoms with Crippen molar-refractivity contribution in [3.63, 3.8) is 0 Å². The van der Waals surface area contributed by atoms with Gasteiger partial charge in [0.2, 0.25) is 0 Å². The first kappa shape index (κ1) is 9.07. The van der Waals surface area contributed by atoms with Crippen molar-refractivity contribution in [1.29, 1.82) is 0 Å². The second-order valence-electron chi connectivity index (χ2n) is 4.03. The van der Waals surface area contributed by atoms with Crippen LogP contribution in [0.3, 0.4) is 0 Å². The molecule has 0 fully saturated rings. The van der Waals surface area contributed by atoms with E-state index in [9.17, 15) is 0 Å². The van der Waals surface area contributed by atoms with E-state index >= 15 is 0 Å². The maximum absolute atomic E-state index is 4.31. The topological polar surface area (TPSA) is 25.8 Å². The van der Waals surface area contributed by atoms with Gasteiger partial charge >= 0.3 is 0 Å². The van der Waals surface area contributed by atoms with Crippen molar-refractivity contribution in [2.45, 2.75) is 0 Å². The monoisotopic (exact) mass is 236 g/mol. The molecule has 0 saturated heterocycles. The van der Waals surface area contributed by atoms with Crippen molar-refractivity contribution in [1.82, 2.24) is 9.97 Å². The number of hydrogen-bond acceptors (Lipinski definition) is 3. The van der Waals surface area contributed by atoms with Crippen LogP contribution in [-0.4, -0.2) is 9.97 Å². The van der Waals surface area contributed by atoms with Crippen molar-refractivity contribution in [3.8, 4) is 0 Å². The number of rotatable bonds is 0. The molecule has 0 unspecified atom stereocenters. The third-order valence-electron chi connectivity index (χ3n) is 3.00. The van der Waals surface area contributed by atoms with E-state index in [-0.39, 0.29) is 0 Å². The van der Waals surface area contributed by atoms with Gasteiger partial charge in [0.25, 0.3) is 0 Å². The largest absolute Gasteiger partial charge is 0.244 e. The van der Waals surface area contributed by atoms with E-state index in [4.69, 9.17) is 0 Å². The molecule has 0 saturated carbocycles. The summed E-state index contributed by atoms with van der Waals surface area (Å²) in [7, 11) is 0. The summed E-state index contributed by atoms with van der Waals surface area (Å²) in [4.78, 5) is 8.38. The van der Waals surface area contributed by atoms with Gasteiger partial charge in [0.1, 0.15) is 6.33 Å². The second kappa shape index (κ2) is 3.25. The average molecular weight is 236 g/mol. The van der Waals surface area contributed by atoms with Crippen LogP contribution in [0.5, 0.6) is 0 Å². The molecular weight excluding hydrogens is 228 g/mol. The van der Waals surface area contributed by atoms with Gasteiger partial charge in [-0.25, -0.2) is 9.97 Å². The zero-order valence-electron chi connectivity index (χ0n) is 8.92. The van der Waals surface area contributed by atoms with Gasteiger partial charge in [0.05, 0.1) is 5.52 Å². The first-order chi connectivity index (χ1) is 8.42. The molecule has 0 amide bonds. The molecule has 2 heterocycles. The Kier molecular flexibility index (Phi) is 1.73. The summed E-state index contributed by atoms with van der Waals surface area (Å²) in [6.45, 7) is 0. The smallest absolute Gasteiger partial charge is 0.116 e. The summed E-state index contributed by atoms with van der Waals surface area (Å²) in [5, 5.41) is 3.70. The highest BCUT2D eigenvalue weighted by atomic mass is 32.1. The number of nitrogens with zero attached hydrogens (tertiary/aromatic N) is 2. The fourth-order valence-electron chi connectivity index (χ4n) is 2.20. The van der Waals surface area contributed by atoms with Crippen molar-refractivity contribution < 1.29 is 0 Å². The Morgan fingerprint density at radius 2 is 1.88 bits per heavy atom. The molecule has 80 valence electrons. The summed E-state index contributed by atoms with van der Waals surface area (Å²) in [5.74, 6) is 0. The molecule has 0 N–H and O–H groups in total. The lowest BCUT2D eigenvalue weighted by Crippen LogP contribution is -1.79. The Hall–Kier alpha value is -2.00. The van der Waals surface area contributed by atoms with Gasteiger partial charge in [-0.05, 0) is 18.2 Å². The third-order valence-corrected chi connectivity index (χ3v) is 4.14. The molecule has 2 aromatic heterocycles. The fraction of sp³-hybridized carbons (Fsp3) is 0. The normalized spacial score (nSPS) is 11.5. The lowest BCUT2D eigenvalue weighted by molar-refractivity contribution is 1.22. The zero-order valence-corrected chi connectivity index (χ0v) is 9.74. The van der Waals surface area contributed by atoms with Crippen molar-refractivity contribution in [2.75, 3.05) is 0 Å². The van der Waals surface area contributed by atoms with Crippen LogP contribution in [-0.2, 0) is 0 Å². The van der Waals surface area contributed by atoms with Crippen LogP contribution in [0.15, 0.2) is 48.9 Å². The summed E-state index contributed by atoms with van der Waals surface area (Å²) < 4.78 is 2.62. The minimum absolute atomic E-state index is 1.01. The average Bonchev–Trinajstić information content (AvgIpc) is 2.73. The molecule has 3 heteroatoms. The Balaban J connectivity index is 2.28. The number of fused-ring (bicyclic) bond motifs is 4. The van der Waals surface area contributed by atoms with E-state index in [1.54, 1.807) is 6.33 Å². The molecule has 0 bridgehead atoms. The standard InChI is InChI=1S/C14H8N2S/c1-2-4-13-10(3-1)11-6-12-9(5-14(11)17-13)7-15-8-16-12/h1-8H. The number of aromatic nitrogens is 2. The van der Waals surface area contributed by atoms with Crippen molar-refractivity contribution in [3.05, 3.63) is 48.9 Å². The van der Waals surface area contributed by atoms with Gasteiger partial charge in [0.15, 0.2) is 0 Å². The van der Waals surface area contributed by atoms with Gasteiger partial charge in [-0.3, -0.25) is 0 Å². The third kappa shape index (κ3) is 1.26. The van der Waals surface area contributed by atoms with Gasteiger partial charge < -0.3 is 0 Å². The molecule has 4 rings (SSSR count). The van der Waals surface area contributed by atoms with Crippen LogP contribution in [0.25, 0.3) is 31.1 Å². The summed E-state index contributed by atoms with van der Waals surface area (Å²) >= 11 is 1.82. The highest BCUT2D eigenvalue weighted by Crippen LogP contribution is 2.35. The van der Waals surface area contributed by atoms with Crippen LogP contribution in [0.2, 0.25) is 0 Å². The Morgan fingerprint density at radius 3 is 2.88 bits per heavy atom. The first-order valence-corrected chi connectivity index (χ1v) is 6.24. The summed E-state index contributed by atoms with van der Waals surface area (Å²) in [6, 6.07) is 12.8. The predicted molar refractivity (Wildman–Crippen MR) is 72.4 cm³/mol. The van der Waals surface area contributed by atoms with Gasteiger partial charge in [-0.2, -0.15) is 0 Å². The fourth-order valence-corrected chi connectivity index (χ4v) is 3.34. The maximum atomic E-state index is 4.31. The van der Waals surface area contributed by atoms with Gasteiger partial charge in [-0.1, -0.05) is 18.2 Å². The van der Waals surface area contributed by atoms with Gasteiger partial charge in [0, 0.05) is 31.8 Å². The Labute approximate surface area is 102 Å². The van der Waals surface area contributed by atoms with E-state index in [1.165, 1.54) is 20.2 Å². The highest BCUT2D eigenvalue weighted by Gasteiger charge is 2.06. The lowest BCUT2D eigenvalue weighted by Gasteiger charge is -1.96. The molecule has 4 aromatic rings. The minimum atomic E-state index is 1.01. The van der Waals surface area contributed by atoms with Crippen LogP contribution in [0.1, 0.15) is 0 Å². The quantitative estimate of drug-likeness (QED) is 0.461. The zero-order chi connectivity index (χ0) is 11.2. The van der Waals surface area contributed by atoms with Crippen LogP contribution in [0, 0.1) is 0 Å². The molecule has 0 aliphatic carbocycles. The molecular formula is C14H8N2S. The molecule has 0 aliphatic heterocycles. The number of hydrogen-bond donors (Lipinski definition) is 0. The minimum Gasteiger partial charge on any atom is -0.244 e. The van der Waals surface area contributed by atoms with E-state index in [1.807, 2.05) is 17.5 Å². The van der Waals surface area contributed by atoms with Crippen molar-refractivity contribution >= 4 is 42.4 Å². The molecule has 17 heavy (non-hydrogen) atoms. The van der Waals surface area contributed by atoms with Crippen molar-refractivity contribution in [2.24, 2.45) is 0 Å². The highest BCUT2D eigenvalue weighted by molar-refractivity contribution is 7.25. The van der Waals surface area contributed by atoms with Gasteiger partial charge in [-0.15, -0.1) is 11.3 Å².